The molecule has 0 rings (SSSR count). The minimum atomic E-state index is -1.20. The third-order valence-electron chi connectivity index (χ3n) is 2.08. The predicted octanol–water partition coefficient (Wildman–Crippen LogP) is 2.71. The number of ether oxygens (including phenoxy) is 2. The highest BCUT2D eigenvalue weighted by atomic mass is 16.6. The van der Waals surface area contributed by atoms with Crippen molar-refractivity contribution >= 4 is 12.2 Å². The first kappa shape index (κ1) is 20.5. The van der Waals surface area contributed by atoms with Gasteiger partial charge in [-0.3, -0.25) is 16.0 Å². The Morgan fingerprint density at radius 1 is 0.773 bits per heavy atom. The first-order valence-corrected chi connectivity index (χ1v) is 7.42. The van der Waals surface area contributed by atoms with Crippen LogP contribution in [0.4, 0.5) is 9.59 Å². The van der Waals surface area contributed by atoms with Crippen molar-refractivity contribution in [2.75, 3.05) is 0 Å². The number of rotatable bonds is 4. The largest absolute Gasteiger partial charge is 0.444 e. The molecule has 0 aromatic heterocycles. The number of carbonyl (C=O) groups is 2. The van der Waals surface area contributed by atoms with E-state index in [1.165, 1.54) is 0 Å². The van der Waals surface area contributed by atoms with E-state index in [1.54, 1.807) is 48.5 Å². The average Bonchev–Trinajstić information content (AvgIpc) is 2.05. The fourth-order valence-corrected chi connectivity index (χ4v) is 1.70. The van der Waals surface area contributed by atoms with E-state index in [9.17, 15) is 9.59 Å². The first-order valence-electron chi connectivity index (χ1n) is 7.42. The van der Waals surface area contributed by atoms with E-state index < -0.39 is 29.2 Å². The minimum Gasteiger partial charge on any atom is -0.444 e. The van der Waals surface area contributed by atoms with Crippen molar-refractivity contribution in [3.8, 4) is 0 Å². The van der Waals surface area contributed by atoms with Crippen molar-refractivity contribution < 1.29 is 19.1 Å². The molecule has 0 bridgehead atoms. The topological polar surface area (TPSA) is 88.7 Å². The van der Waals surface area contributed by atoms with Gasteiger partial charge in [-0.1, -0.05) is 0 Å². The lowest BCUT2D eigenvalue weighted by atomic mass is 10.2. The van der Waals surface area contributed by atoms with Gasteiger partial charge in [0.2, 0.25) is 0 Å². The molecule has 2 amide bonds. The van der Waals surface area contributed by atoms with Crippen molar-refractivity contribution in [1.82, 2.24) is 16.0 Å². The SMILES string of the molecule is CC(C)NC(C)(NC(=O)OC(C)(C)C)NC(=O)OC(C)(C)C. The predicted molar refractivity (Wildman–Crippen MR) is 85.4 cm³/mol. The van der Waals surface area contributed by atoms with Crippen LogP contribution in [0.1, 0.15) is 62.3 Å². The summed E-state index contributed by atoms with van der Waals surface area (Å²) in [6.45, 7) is 16.0. The second-order valence-corrected chi connectivity index (χ2v) is 7.68. The highest BCUT2D eigenvalue weighted by Crippen LogP contribution is 2.10. The zero-order valence-corrected chi connectivity index (χ0v) is 15.2. The maximum Gasteiger partial charge on any atom is 0.410 e. The monoisotopic (exact) mass is 317 g/mol. The van der Waals surface area contributed by atoms with Gasteiger partial charge in [-0.25, -0.2) is 9.59 Å². The number of alkyl carbamates (subject to hydrolysis) is 2. The van der Waals surface area contributed by atoms with Gasteiger partial charge < -0.3 is 9.47 Å². The van der Waals surface area contributed by atoms with E-state index in [0.29, 0.717) is 0 Å². The van der Waals surface area contributed by atoms with Gasteiger partial charge in [-0.15, -0.1) is 0 Å². The van der Waals surface area contributed by atoms with Crippen molar-refractivity contribution in [3.05, 3.63) is 0 Å². The summed E-state index contributed by atoms with van der Waals surface area (Å²) in [5.41, 5.74) is -1.26. The summed E-state index contributed by atoms with van der Waals surface area (Å²) in [6, 6.07) is 0.00914. The maximum absolute atomic E-state index is 12.0. The standard InChI is InChI=1S/C15H31N3O4/c1-10(2)16-15(9,17-11(19)21-13(3,4)5)18-12(20)22-14(6,7)8/h10,16H,1-9H3,(H,17,19)(H,18,20). The molecule has 0 aromatic rings. The number of hydrogen-bond acceptors (Lipinski definition) is 5. The molecule has 0 spiro atoms. The highest BCUT2D eigenvalue weighted by molar-refractivity contribution is 5.72. The summed E-state index contributed by atoms with van der Waals surface area (Å²) in [6.07, 6.45) is -1.28. The van der Waals surface area contributed by atoms with E-state index in [-0.39, 0.29) is 6.04 Å². The van der Waals surface area contributed by atoms with Gasteiger partial charge in [-0.2, -0.15) is 0 Å². The van der Waals surface area contributed by atoms with Crippen LogP contribution in [0.15, 0.2) is 0 Å². The first-order chi connectivity index (χ1) is 9.62. The lowest BCUT2D eigenvalue weighted by molar-refractivity contribution is 0.0291. The number of hydrogen-bond donors (Lipinski definition) is 3. The van der Waals surface area contributed by atoms with Crippen LogP contribution >= 0.6 is 0 Å². The molecule has 0 aliphatic heterocycles. The molecule has 130 valence electrons. The Bertz CT molecular complexity index is 365. The van der Waals surface area contributed by atoms with Gasteiger partial charge in [0.05, 0.1) is 0 Å². The molecule has 22 heavy (non-hydrogen) atoms. The molecule has 0 atom stereocenters. The van der Waals surface area contributed by atoms with Crippen LogP contribution in [0, 0.1) is 0 Å². The highest BCUT2D eigenvalue weighted by Gasteiger charge is 2.32. The molecule has 0 radical (unpaired) electrons. The zero-order valence-electron chi connectivity index (χ0n) is 15.2. The molecular weight excluding hydrogens is 286 g/mol. The van der Waals surface area contributed by atoms with Crippen molar-refractivity contribution in [1.29, 1.82) is 0 Å². The summed E-state index contributed by atoms with van der Waals surface area (Å²) in [5, 5.41) is 8.29. The zero-order chi connectivity index (χ0) is 17.8. The Balaban J connectivity index is 4.92. The molecule has 0 saturated carbocycles. The van der Waals surface area contributed by atoms with Crippen molar-refractivity contribution in [2.24, 2.45) is 0 Å². The summed E-state index contributed by atoms with van der Waals surface area (Å²) in [4.78, 5) is 23.9. The Morgan fingerprint density at radius 3 is 1.32 bits per heavy atom. The summed E-state index contributed by atoms with van der Waals surface area (Å²) < 4.78 is 10.4. The minimum absolute atomic E-state index is 0.00914. The molecule has 3 N–H and O–H groups in total. The van der Waals surface area contributed by atoms with Crippen LogP contribution in [0.2, 0.25) is 0 Å². The molecule has 0 fully saturated rings. The molecule has 0 saturated heterocycles. The second-order valence-electron chi connectivity index (χ2n) is 7.68. The maximum atomic E-state index is 12.0. The molecular formula is C15H31N3O4. The number of carbonyl (C=O) groups excluding carboxylic acids is 2. The van der Waals surface area contributed by atoms with Gasteiger partial charge in [0.15, 0.2) is 5.79 Å². The van der Waals surface area contributed by atoms with E-state index in [0.717, 1.165) is 0 Å². The Labute approximate surface area is 133 Å². The normalized spacial score (nSPS) is 12.8. The lowest BCUT2D eigenvalue weighted by Crippen LogP contribution is -2.69. The molecule has 7 heteroatoms. The summed E-state index contributed by atoms with van der Waals surface area (Å²) >= 11 is 0. The molecule has 0 unspecified atom stereocenters. The molecule has 0 aromatic carbocycles. The Kier molecular flexibility index (Phi) is 6.69. The number of nitrogens with one attached hydrogen (secondary N) is 3. The van der Waals surface area contributed by atoms with Gasteiger partial charge in [0, 0.05) is 6.04 Å². The fraction of sp³-hybridized carbons (Fsp3) is 0.867. The molecule has 7 nitrogen and oxygen atoms in total. The second kappa shape index (κ2) is 7.17. The molecule has 0 aliphatic rings. The van der Waals surface area contributed by atoms with E-state index in [2.05, 4.69) is 16.0 Å². The van der Waals surface area contributed by atoms with E-state index in [1.807, 2.05) is 13.8 Å². The van der Waals surface area contributed by atoms with Gasteiger partial charge in [0.25, 0.3) is 0 Å². The van der Waals surface area contributed by atoms with Gasteiger partial charge in [0.1, 0.15) is 11.2 Å². The third kappa shape index (κ3) is 10.3. The van der Waals surface area contributed by atoms with Crippen LogP contribution in [0.5, 0.6) is 0 Å². The Hall–Kier alpha value is -1.50. The fourth-order valence-electron chi connectivity index (χ4n) is 1.70. The van der Waals surface area contributed by atoms with E-state index >= 15 is 0 Å². The van der Waals surface area contributed by atoms with Gasteiger partial charge in [-0.05, 0) is 62.3 Å². The van der Waals surface area contributed by atoms with E-state index in [4.69, 9.17) is 9.47 Å². The van der Waals surface area contributed by atoms with Crippen LogP contribution in [-0.2, 0) is 9.47 Å². The average molecular weight is 317 g/mol. The molecule has 0 heterocycles. The Morgan fingerprint density at radius 2 is 1.09 bits per heavy atom. The van der Waals surface area contributed by atoms with Crippen LogP contribution in [0.3, 0.4) is 0 Å². The van der Waals surface area contributed by atoms with Gasteiger partial charge >= 0.3 is 12.2 Å². The van der Waals surface area contributed by atoms with Crippen molar-refractivity contribution in [3.63, 3.8) is 0 Å². The quantitative estimate of drug-likeness (QED) is 0.694. The van der Waals surface area contributed by atoms with Crippen LogP contribution in [-0.4, -0.2) is 35.2 Å². The molecule has 0 aliphatic carbocycles. The number of amides is 2. The van der Waals surface area contributed by atoms with Crippen LogP contribution < -0.4 is 16.0 Å². The summed E-state index contributed by atoms with van der Waals surface area (Å²) in [5.74, 6) is -1.20. The smallest absolute Gasteiger partial charge is 0.410 e. The third-order valence-corrected chi connectivity index (χ3v) is 2.08. The summed E-state index contributed by atoms with van der Waals surface area (Å²) in [7, 11) is 0. The van der Waals surface area contributed by atoms with Crippen LogP contribution in [0.25, 0.3) is 0 Å². The van der Waals surface area contributed by atoms with Crippen molar-refractivity contribution in [2.45, 2.75) is 85.3 Å². The lowest BCUT2D eigenvalue weighted by Gasteiger charge is -2.35.